The van der Waals surface area contributed by atoms with Crippen molar-refractivity contribution in [2.45, 2.75) is 16.7 Å². The molecule has 3 nitrogen and oxygen atoms in total. The Kier molecular flexibility index (Phi) is 5.17. The van der Waals surface area contributed by atoms with Crippen LogP contribution in [0.25, 0.3) is 0 Å². The van der Waals surface area contributed by atoms with E-state index in [4.69, 9.17) is 10.8 Å². The number of carboxylic acids is 1. The van der Waals surface area contributed by atoms with Gasteiger partial charge in [-0.2, -0.15) is 0 Å². The summed E-state index contributed by atoms with van der Waals surface area (Å²) in [5.41, 5.74) is 5.64. The van der Waals surface area contributed by atoms with Crippen molar-refractivity contribution in [3.8, 4) is 0 Å². The number of carbonyl (C=O) groups is 1. The molecular weight excluding hydrogens is 229 g/mol. The molecule has 0 aromatic rings. The molecule has 5 heteroatoms. The monoisotopic (exact) mass is 243 g/mol. The molecule has 0 rings (SSSR count). The maximum atomic E-state index is 10.6. The van der Waals surface area contributed by atoms with Gasteiger partial charge in [0.2, 0.25) is 0 Å². The number of nitrogens with two attached hydrogens (primary N) is 1. The zero-order valence-electron chi connectivity index (χ0n) is 6.66. The van der Waals surface area contributed by atoms with Crippen molar-refractivity contribution in [3.63, 3.8) is 0 Å². The van der Waals surface area contributed by atoms with Crippen molar-refractivity contribution in [3.05, 3.63) is 0 Å². The van der Waals surface area contributed by atoms with E-state index in [-0.39, 0.29) is 15.0 Å². The third-order valence-corrected chi connectivity index (χ3v) is 4.34. The van der Waals surface area contributed by atoms with Crippen molar-refractivity contribution >= 4 is 32.7 Å². The van der Waals surface area contributed by atoms with Crippen molar-refractivity contribution in [1.29, 1.82) is 0 Å². The van der Waals surface area contributed by atoms with E-state index >= 15 is 0 Å². The second-order valence-electron chi connectivity index (χ2n) is 2.14. The predicted molar refractivity (Wildman–Crippen MR) is 49.2 cm³/mol. The average Bonchev–Trinajstić information content (AvgIpc) is 2.00. The Hall–Kier alpha value is 0.299. The molecule has 3 N–H and O–H groups in total. The van der Waals surface area contributed by atoms with Gasteiger partial charge in [-0.05, 0) is 0 Å². The van der Waals surface area contributed by atoms with E-state index in [0.29, 0.717) is 6.42 Å². The van der Waals surface area contributed by atoms with Crippen LogP contribution in [0, 0.1) is 0 Å². The molecule has 0 aliphatic carbocycles. The summed E-state index contributed by atoms with van der Waals surface area (Å²) < 4.78 is -0.948. The van der Waals surface area contributed by atoms with Gasteiger partial charge in [0.25, 0.3) is 0 Å². The number of thioether (sulfide) groups is 1. The van der Waals surface area contributed by atoms with Crippen LogP contribution in [0.1, 0.15) is 6.42 Å². The van der Waals surface area contributed by atoms with Crippen LogP contribution in [-0.4, -0.2) is 42.5 Å². The summed E-state index contributed by atoms with van der Waals surface area (Å²) in [5.74, 6) is 1.81. The van der Waals surface area contributed by atoms with Crippen LogP contribution in [0.4, 0.5) is 0 Å². The van der Waals surface area contributed by atoms with Crippen molar-refractivity contribution in [1.82, 2.24) is 0 Å². The van der Waals surface area contributed by atoms with E-state index in [2.05, 4.69) is 0 Å². The molecule has 0 heterocycles. The van der Waals surface area contributed by atoms with Crippen molar-refractivity contribution in [2.24, 2.45) is 5.73 Å². The molecule has 0 fully saturated rings. The van der Waals surface area contributed by atoms with E-state index in [0.717, 1.165) is 5.75 Å². The third-order valence-electron chi connectivity index (χ3n) is 1.40. The van der Waals surface area contributed by atoms with Gasteiger partial charge < -0.3 is 0 Å². The minimum atomic E-state index is -0.948. The fourth-order valence-electron chi connectivity index (χ4n) is 0.550. The predicted octanol–water partition coefficient (Wildman–Crippen LogP) is 0.231. The standard InChI is InChI=1S/C6H13NO2SSe/c1-10-4-3-6(7,11-2)5(8)9/h3-4,7H2,1-2H3,(H,8,9). The van der Waals surface area contributed by atoms with Crippen molar-refractivity contribution < 1.29 is 9.90 Å². The normalized spacial score (nSPS) is 15.9. The minimum absolute atomic E-state index is 0.0332. The number of aliphatic carboxylic acids is 1. The first-order valence-electron chi connectivity index (χ1n) is 3.13. The quantitative estimate of drug-likeness (QED) is 0.677. The molecule has 0 spiro atoms. The number of hydrogen-bond donors (Lipinski definition) is 2. The summed E-state index contributed by atoms with van der Waals surface area (Å²) in [7, 11) is 0. The second-order valence-corrected chi connectivity index (χ2v) is 5.51. The van der Waals surface area contributed by atoms with Crippen LogP contribution in [0.15, 0.2) is 0 Å². The van der Waals surface area contributed by atoms with Crippen LogP contribution in [-0.2, 0) is 4.79 Å². The fourth-order valence-corrected chi connectivity index (χ4v) is 2.38. The second kappa shape index (κ2) is 5.04. The molecule has 11 heavy (non-hydrogen) atoms. The Balaban J connectivity index is 3.99. The van der Waals surface area contributed by atoms with Gasteiger partial charge in [-0.25, -0.2) is 0 Å². The first-order chi connectivity index (χ1) is 5.06. The first kappa shape index (κ1) is 11.3. The summed E-state index contributed by atoms with van der Waals surface area (Å²) in [5, 5.41) is 8.74. The van der Waals surface area contributed by atoms with E-state index in [1.807, 2.05) is 12.1 Å². The zero-order chi connectivity index (χ0) is 8.91. The Labute approximate surface area is 77.3 Å². The molecule has 0 aromatic heterocycles. The van der Waals surface area contributed by atoms with Crippen molar-refractivity contribution in [2.75, 3.05) is 12.0 Å². The molecule has 0 aromatic carbocycles. The summed E-state index contributed by atoms with van der Waals surface area (Å²) in [4.78, 5) is 10.6. The van der Waals surface area contributed by atoms with Crippen LogP contribution < -0.4 is 5.73 Å². The molecule has 0 aliphatic heterocycles. The van der Waals surface area contributed by atoms with E-state index in [1.165, 1.54) is 0 Å². The third kappa shape index (κ3) is 3.47. The van der Waals surface area contributed by atoms with E-state index in [1.54, 1.807) is 11.8 Å². The van der Waals surface area contributed by atoms with E-state index in [9.17, 15) is 4.79 Å². The molecule has 1 atom stereocenters. The molecule has 0 aliphatic rings. The summed E-state index contributed by atoms with van der Waals surface area (Å²) in [6, 6.07) is 0. The van der Waals surface area contributed by atoms with Gasteiger partial charge in [-0.1, -0.05) is 0 Å². The molecular formula is C6H13NO2SSe. The Morgan fingerprint density at radius 1 is 1.82 bits per heavy atom. The fraction of sp³-hybridized carbons (Fsp3) is 0.833. The number of hydrogen-bond acceptors (Lipinski definition) is 3. The van der Waals surface area contributed by atoms with Crippen LogP contribution in [0.2, 0.25) is 5.82 Å². The molecule has 0 amide bonds. The first-order valence-corrected chi connectivity index (χ1v) is 7.09. The number of rotatable bonds is 5. The molecule has 0 saturated carbocycles. The molecule has 1 unspecified atom stereocenters. The van der Waals surface area contributed by atoms with Crippen LogP contribution >= 0.6 is 11.8 Å². The topological polar surface area (TPSA) is 63.3 Å². The summed E-state index contributed by atoms with van der Waals surface area (Å²) in [6.07, 6.45) is 2.52. The number of carboxylic acid groups (broad SMARTS) is 1. The molecule has 0 bridgehead atoms. The van der Waals surface area contributed by atoms with Gasteiger partial charge in [0.05, 0.1) is 0 Å². The van der Waals surface area contributed by atoms with Crippen LogP contribution in [0.5, 0.6) is 0 Å². The van der Waals surface area contributed by atoms with Gasteiger partial charge in [0.1, 0.15) is 0 Å². The SMILES string of the molecule is CSCCC(N)([Se]C)C(=O)O. The maximum absolute atomic E-state index is 10.6. The molecule has 0 saturated heterocycles. The van der Waals surface area contributed by atoms with Gasteiger partial charge in [-0.3, -0.25) is 0 Å². The summed E-state index contributed by atoms with van der Waals surface area (Å²) >= 11 is 1.59. The van der Waals surface area contributed by atoms with Gasteiger partial charge in [-0.15, -0.1) is 0 Å². The van der Waals surface area contributed by atoms with Gasteiger partial charge in [0, 0.05) is 0 Å². The Morgan fingerprint density at radius 2 is 2.36 bits per heavy atom. The Bertz CT molecular complexity index is 145. The molecule has 0 radical (unpaired) electrons. The average molecular weight is 242 g/mol. The van der Waals surface area contributed by atoms with Crippen LogP contribution in [0.3, 0.4) is 0 Å². The zero-order valence-corrected chi connectivity index (χ0v) is 9.19. The Morgan fingerprint density at radius 3 is 2.64 bits per heavy atom. The summed E-state index contributed by atoms with van der Waals surface area (Å²) in [6.45, 7) is 0. The van der Waals surface area contributed by atoms with Gasteiger partial charge in [0.15, 0.2) is 0 Å². The van der Waals surface area contributed by atoms with E-state index < -0.39 is 10.4 Å². The molecule has 66 valence electrons. The van der Waals surface area contributed by atoms with Gasteiger partial charge >= 0.3 is 77.0 Å².